The summed E-state index contributed by atoms with van der Waals surface area (Å²) < 4.78 is 7.49. The predicted octanol–water partition coefficient (Wildman–Crippen LogP) is 2.69. The number of anilines is 1. The zero-order valence-electron chi connectivity index (χ0n) is 10.6. The van der Waals surface area contributed by atoms with Crippen LogP contribution in [0.4, 0.5) is 5.69 Å². The molecule has 0 amide bonds. The van der Waals surface area contributed by atoms with Crippen molar-refractivity contribution in [3.8, 4) is 5.75 Å². The second-order valence-corrected chi connectivity index (χ2v) is 4.93. The van der Waals surface area contributed by atoms with Crippen molar-refractivity contribution in [2.45, 2.75) is 17.6 Å². The van der Waals surface area contributed by atoms with Crippen molar-refractivity contribution in [3.63, 3.8) is 0 Å². The van der Waals surface area contributed by atoms with Gasteiger partial charge in [-0.1, -0.05) is 0 Å². The number of hydrogen-bond acceptors (Lipinski definition) is 4. The minimum atomic E-state index is 0.662. The molecule has 2 rings (SSSR count). The van der Waals surface area contributed by atoms with Gasteiger partial charge in [-0.25, -0.2) is 4.98 Å². The Bertz CT molecular complexity index is 525. The topological polar surface area (TPSA) is 53.1 Å². The highest BCUT2D eigenvalue weighted by molar-refractivity contribution is 7.98. The Morgan fingerprint density at radius 1 is 1.44 bits per heavy atom. The van der Waals surface area contributed by atoms with E-state index < -0.39 is 0 Å². The summed E-state index contributed by atoms with van der Waals surface area (Å²) in [6.07, 6.45) is 3.67. The normalized spacial score (nSPS) is 10.6. The van der Waals surface area contributed by atoms with Gasteiger partial charge in [0.1, 0.15) is 5.75 Å². The number of benzene rings is 1. The number of nitrogen functional groups attached to an aromatic ring is 1. The van der Waals surface area contributed by atoms with E-state index in [2.05, 4.69) is 4.98 Å². The van der Waals surface area contributed by atoms with E-state index in [4.69, 9.17) is 10.5 Å². The van der Waals surface area contributed by atoms with E-state index in [0.717, 1.165) is 22.1 Å². The van der Waals surface area contributed by atoms with E-state index in [-0.39, 0.29) is 0 Å². The van der Waals surface area contributed by atoms with Gasteiger partial charge in [-0.3, -0.25) is 0 Å². The number of rotatable bonds is 5. The molecule has 0 bridgehead atoms. The fourth-order valence-electron chi connectivity index (χ4n) is 1.57. The summed E-state index contributed by atoms with van der Waals surface area (Å²) in [5.74, 6) is 1.70. The van der Waals surface area contributed by atoms with Gasteiger partial charge in [0, 0.05) is 35.3 Å². The molecule has 0 saturated heterocycles. The Balaban J connectivity index is 2.08. The van der Waals surface area contributed by atoms with Crippen LogP contribution in [0.2, 0.25) is 0 Å². The van der Waals surface area contributed by atoms with Crippen molar-refractivity contribution in [1.29, 1.82) is 0 Å². The molecule has 0 fully saturated rings. The summed E-state index contributed by atoms with van der Waals surface area (Å²) in [4.78, 5) is 5.14. The van der Waals surface area contributed by atoms with Crippen LogP contribution in [0.3, 0.4) is 0 Å². The van der Waals surface area contributed by atoms with Gasteiger partial charge in [0.05, 0.1) is 12.9 Å². The number of ether oxygens (including phenoxy) is 1. The number of nitrogens with two attached hydrogens (primary N) is 1. The number of aryl methyl sites for hydroxylation is 1. The molecule has 5 heteroatoms. The average molecular weight is 263 g/mol. The largest absolute Gasteiger partial charge is 0.494 e. The molecule has 96 valence electrons. The minimum Gasteiger partial charge on any atom is -0.494 e. The first-order valence-corrected chi connectivity index (χ1v) is 6.79. The predicted molar refractivity (Wildman–Crippen MR) is 74.8 cm³/mol. The summed E-state index contributed by atoms with van der Waals surface area (Å²) in [5.41, 5.74) is 7.92. The first-order valence-electron chi connectivity index (χ1n) is 5.81. The molecule has 1 heterocycles. The summed E-state index contributed by atoms with van der Waals surface area (Å²) in [6.45, 7) is 2.63. The molecule has 0 aliphatic rings. The monoisotopic (exact) mass is 263 g/mol. The molecule has 0 radical (unpaired) electrons. The summed E-state index contributed by atoms with van der Waals surface area (Å²) in [5, 5.41) is 0. The highest BCUT2D eigenvalue weighted by atomic mass is 32.2. The van der Waals surface area contributed by atoms with Crippen LogP contribution in [-0.4, -0.2) is 16.2 Å². The van der Waals surface area contributed by atoms with E-state index in [9.17, 15) is 0 Å². The lowest BCUT2D eigenvalue weighted by molar-refractivity contribution is 0.339. The third kappa shape index (κ3) is 2.98. The van der Waals surface area contributed by atoms with E-state index in [1.54, 1.807) is 18.1 Å². The van der Waals surface area contributed by atoms with Crippen LogP contribution in [0.15, 0.2) is 35.6 Å². The molecular formula is C13H17N3OS. The lowest BCUT2D eigenvalue weighted by Gasteiger charge is -2.09. The Morgan fingerprint density at radius 3 is 2.94 bits per heavy atom. The maximum atomic E-state index is 5.96. The number of aromatic nitrogens is 2. The van der Waals surface area contributed by atoms with E-state index in [1.807, 2.05) is 42.9 Å². The van der Waals surface area contributed by atoms with Crippen molar-refractivity contribution in [1.82, 2.24) is 9.55 Å². The van der Waals surface area contributed by atoms with Crippen LogP contribution in [0.1, 0.15) is 12.6 Å². The quantitative estimate of drug-likeness (QED) is 0.665. The van der Waals surface area contributed by atoms with Gasteiger partial charge in [0.15, 0.2) is 0 Å². The lowest BCUT2D eigenvalue weighted by atomic mass is 10.3. The average Bonchev–Trinajstić information content (AvgIpc) is 2.76. The number of nitrogens with zero attached hydrogens (tertiary/aromatic N) is 2. The Kier molecular flexibility index (Phi) is 4.15. The minimum absolute atomic E-state index is 0.662. The molecule has 1 aromatic heterocycles. The molecule has 18 heavy (non-hydrogen) atoms. The molecule has 2 N–H and O–H groups in total. The SMILES string of the molecule is CCOc1ccc(N)c(SCc2cncn2C)c1. The first kappa shape index (κ1) is 12.8. The maximum Gasteiger partial charge on any atom is 0.120 e. The maximum absolute atomic E-state index is 5.96. The van der Waals surface area contributed by atoms with Crippen molar-refractivity contribution < 1.29 is 4.74 Å². The highest BCUT2D eigenvalue weighted by Crippen LogP contribution is 2.31. The Labute approximate surface area is 111 Å². The number of imidazole rings is 1. The number of thioether (sulfide) groups is 1. The van der Waals surface area contributed by atoms with Gasteiger partial charge in [0.2, 0.25) is 0 Å². The Hall–Kier alpha value is -1.62. The van der Waals surface area contributed by atoms with Crippen molar-refractivity contribution in [3.05, 3.63) is 36.4 Å². The third-order valence-electron chi connectivity index (χ3n) is 2.59. The molecule has 2 aromatic rings. The van der Waals surface area contributed by atoms with Gasteiger partial charge in [-0.2, -0.15) is 0 Å². The van der Waals surface area contributed by atoms with E-state index in [0.29, 0.717) is 6.61 Å². The van der Waals surface area contributed by atoms with Gasteiger partial charge in [0.25, 0.3) is 0 Å². The molecule has 0 unspecified atom stereocenters. The summed E-state index contributed by atoms with van der Waals surface area (Å²) in [6, 6.07) is 5.77. The summed E-state index contributed by atoms with van der Waals surface area (Å²) >= 11 is 1.69. The molecule has 0 saturated carbocycles. The van der Waals surface area contributed by atoms with Gasteiger partial charge in [-0.15, -0.1) is 11.8 Å². The molecule has 0 aliphatic carbocycles. The standard InChI is InChI=1S/C13H17N3OS/c1-3-17-11-4-5-12(14)13(6-11)18-8-10-7-15-9-16(10)2/h4-7,9H,3,8,14H2,1-2H3. The molecule has 0 atom stereocenters. The van der Waals surface area contributed by atoms with Gasteiger partial charge < -0.3 is 15.0 Å². The molecule has 0 aliphatic heterocycles. The van der Waals surface area contributed by atoms with Crippen molar-refractivity contribution in [2.24, 2.45) is 7.05 Å². The molecular weight excluding hydrogens is 246 g/mol. The first-order chi connectivity index (χ1) is 8.70. The highest BCUT2D eigenvalue weighted by Gasteiger charge is 2.05. The molecule has 1 aromatic carbocycles. The van der Waals surface area contributed by atoms with E-state index >= 15 is 0 Å². The third-order valence-corrected chi connectivity index (χ3v) is 3.69. The lowest BCUT2D eigenvalue weighted by Crippen LogP contribution is -1.96. The number of hydrogen-bond donors (Lipinski definition) is 1. The van der Waals surface area contributed by atoms with Crippen LogP contribution in [-0.2, 0) is 12.8 Å². The second-order valence-electron chi connectivity index (χ2n) is 3.92. The van der Waals surface area contributed by atoms with Crippen LogP contribution in [0.25, 0.3) is 0 Å². The fourth-order valence-corrected chi connectivity index (χ4v) is 2.59. The zero-order chi connectivity index (χ0) is 13.0. The zero-order valence-corrected chi connectivity index (χ0v) is 11.4. The summed E-state index contributed by atoms with van der Waals surface area (Å²) in [7, 11) is 1.99. The van der Waals surface area contributed by atoms with Crippen LogP contribution in [0, 0.1) is 0 Å². The fraction of sp³-hybridized carbons (Fsp3) is 0.308. The van der Waals surface area contributed by atoms with Crippen molar-refractivity contribution >= 4 is 17.4 Å². The second kappa shape index (κ2) is 5.82. The Morgan fingerprint density at radius 2 is 2.28 bits per heavy atom. The molecule has 4 nitrogen and oxygen atoms in total. The van der Waals surface area contributed by atoms with Gasteiger partial charge >= 0.3 is 0 Å². The van der Waals surface area contributed by atoms with Crippen LogP contribution >= 0.6 is 11.8 Å². The van der Waals surface area contributed by atoms with Crippen LogP contribution < -0.4 is 10.5 Å². The smallest absolute Gasteiger partial charge is 0.120 e. The molecule has 0 spiro atoms. The van der Waals surface area contributed by atoms with E-state index in [1.165, 1.54) is 5.69 Å². The van der Waals surface area contributed by atoms with Crippen molar-refractivity contribution in [2.75, 3.05) is 12.3 Å². The van der Waals surface area contributed by atoms with Gasteiger partial charge in [-0.05, 0) is 25.1 Å². The van der Waals surface area contributed by atoms with Crippen LogP contribution in [0.5, 0.6) is 5.75 Å².